The van der Waals surface area contributed by atoms with E-state index in [-0.39, 0.29) is 0 Å². The molecule has 0 aromatic carbocycles. The van der Waals surface area contributed by atoms with Gasteiger partial charge in [-0.05, 0) is 0 Å². The predicted molar refractivity (Wildman–Crippen MR) is 39.8 cm³/mol. The average Bonchev–Trinajstić information content (AvgIpc) is 2.29. The quantitative estimate of drug-likeness (QED) is 0.438. The molecule has 0 radical (unpaired) electrons. The summed E-state index contributed by atoms with van der Waals surface area (Å²) in [6.07, 6.45) is -6.80. The molecule has 0 spiro atoms. The summed E-state index contributed by atoms with van der Waals surface area (Å²) in [5, 5.41) is 17.8. The Morgan fingerprint density at radius 2 is 2.07 bits per heavy atom. The molecule has 1 heterocycles. The Bertz CT molecular complexity index is 242. The molecule has 9 heteroatoms. The summed E-state index contributed by atoms with van der Waals surface area (Å²) < 4.78 is 31.5. The van der Waals surface area contributed by atoms with Crippen LogP contribution in [0.1, 0.15) is 0 Å². The van der Waals surface area contributed by atoms with Gasteiger partial charge in [0.2, 0.25) is 6.36 Å². The molecule has 1 rings (SSSR count). The summed E-state index contributed by atoms with van der Waals surface area (Å²) in [6.45, 7) is -0.664. The Balaban J connectivity index is 2.65. The van der Waals surface area contributed by atoms with Crippen LogP contribution in [0, 0.1) is 0 Å². The Kier molecular flexibility index (Phi) is 3.59. The summed E-state index contributed by atoms with van der Waals surface area (Å²) in [5.74, 6) is 0. The molecule has 1 saturated heterocycles. The summed E-state index contributed by atoms with van der Waals surface area (Å²) in [7, 11) is -4.89. The molecule has 1 fully saturated rings. The lowest BCUT2D eigenvalue weighted by molar-refractivity contribution is -0.0810. The van der Waals surface area contributed by atoms with Crippen LogP contribution in [0.15, 0.2) is 0 Å². The van der Waals surface area contributed by atoms with Gasteiger partial charge in [-0.25, -0.2) is 8.96 Å². The fourth-order valence-electron chi connectivity index (χ4n) is 1.11. The van der Waals surface area contributed by atoms with Crippen molar-refractivity contribution >= 4 is 7.82 Å². The molecule has 0 amide bonds. The lowest BCUT2D eigenvalue weighted by Gasteiger charge is -2.16. The SMILES string of the molecule is O=P(O)(O)O[C@H]1C(F)O[C@H](CO)[C@H]1O. The van der Waals surface area contributed by atoms with Crippen molar-refractivity contribution in [2.24, 2.45) is 0 Å². The van der Waals surface area contributed by atoms with Gasteiger partial charge in [0.15, 0.2) is 6.10 Å². The van der Waals surface area contributed by atoms with Crippen molar-refractivity contribution in [3.05, 3.63) is 0 Å². The number of aliphatic hydroxyl groups is 2. The van der Waals surface area contributed by atoms with Crippen molar-refractivity contribution in [2.75, 3.05) is 6.61 Å². The van der Waals surface area contributed by atoms with Crippen LogP contribution in [0.25, 0.3) is 0 Å². The maximum absolute atomic E-state index is 12.8. The van der Waals surface area contributed by atoms with Crippen LogP contribution in [0.2, 0.25) is 0 Å². The monoisotopic (exact) mass is 232 g/mol. The first-order valence-corrected chi connectivity index (χ1v) is 5.20. The third kappa shape index (κ3) is 2.71. The minimum atomic E-state index is -4.89. The largest absolute Gasteiger partial charge is 0.470 e. The lowest BCUT2D eigenvalue weighted by atomic mass is 10.1. The summed E-state index contributed by atoms with van der Waals surface area (Å²) in [5.41, 5.74) is 0. The molecule has 0 aromatic rings. The summed E-state index contributed by atoms with van der Waals surface area (Å²) >= 11 is 0. The zero-order valence-corrected chi connectivity index (χ0v) is 7.75. The molecule has 1 aliphatic heterocycles. The van der Waals surface area contributed by atoms with E-state index in [1.165, 1.54) is 0 Å². The van der Waals surface area contributed by atoms with Gasteiger partial charge in [-0.2, -0.15) is 0 Å². The second kappa shape index (κ2) is 4.19. The Morgan fingerprint density at radius 3 is 2.43 bits per heavy atom. The fraction of sp³-hybridized carbons (Fsp3) is 1.00. The van der Waals surface area contributed by atoms with E-state index in [9.17, 15) is 14.1 Å². The van der Waals surface area contributed by atoms with Crippen molar-refractivity contribution in [1.82, 2.24) is 0 Å². The Morgan fingerprint density at radius 1 is 1.50 bits per heavy atom. The first-order chi connectivity index (χ1) is 6.35. The molecule has 4 N–H and O–H groups in total. The van der Waals surface area contributed by atoms with E-state index in [0.29, 0.717) is 0 Å². The van der Waals surface area contributed by atoms with Crippen LogP contribution in [0.5, 0.6) is 0 Å². The number of halogens is 1. The topological polar surface area (TPSA) is 116 Å². The highest BCUT2D eigenvalue weighted by atomic mass is 31.2. The lowest BCUT2D eigenvalue weighted by Crippen LogP contribution is -2.34. The second-order valence-corrected chi connectivity index (χ2v) is 3.95. The number of ether oxygens (including phenoxy) is 1. The molecule has 84 valence electrons. The highest BCUT2D eigenvalue weighted by molar-refractivity contribution is 7.46. The van der Waals surface area contributed by atoms with Crippen LogP contribution in [0.4, 0.5) is 4.39 Å². The van der Waals surface area contributed by atoms with Gasteiger partial charge in [0.25, 0.3) is 0 Å². The predicted octanol–water partition coefficient (Wildman–Crippen LogP) is -1.49. The molecule has 0 aromatic heterocycles. The maximum Gasteiger partial charge on any atom is 0.470 e. The molecule has 1 aliphatic rings. The van der Waals surface area contributed by atoms with E-state index in [4.69, 9.17) is 14.9 Å². The fourth-order valence-corrected chi connectivity index (χ4v) is 1.65. The van der Waals surface area contributed by atoms with Crippen LogP contribution < -0.4 is 0 Å². The van der Waals surface area contributed by atoms with E-state index in [0.717, 1.165) is 0 Å². The van der Waals surface area contributed by atoms with E-state index in [1.54, 1.807) is 0 Å². The van der Waals surface area contributed by atoms with Crippen LogP contribution in [-0.4, -0.2) is 51.3 Å². The molecule has 7 nitrogen and oxygen atoms in total. The zero-order chi connectivity index (χ0) is 10.9. The number of hydrogen-bond acceptors (Lipinski definition) is 5. The van der Waals surface area contributed by atoms with Gasteiger partial charge in [-0.15, -0.1) is 0 Å². The number of hydrogen-bond donors (Lipinski definition) is 4. The van der Waals surface area contributed by atoms with Crippen molar-refractivity contribution in [3.8, 4) is 0 Å². The van der Waals surface area contributed by atoms with Crippen molar-refractivity contribution in [2.45, 2.75) is 24.7 Å². The van der Waals surface area contributed by atoms with Crippen molar-refractivity contribution in [3.63, 3.8) is 0 Å². The Labute approximate surface area is 78.3 Å². The van der Waals surface area contributed by atoms with Crippen LogP contribution in [0.3, 0.4) is 0 Å². The molecular formula is C5H10FO7P. The van der Waals surface area contributed by atoms with E-state index in [2.05, 4.69) is 9.26 Å². The second-order valence-electron chi connectivity index (χ2n) is 2.76. The number of phosphoric ester groups is 1. The number of aliphatic hydroxyl groups excluding tert-OH is 2. The van der Waals surface area contributed by atoms with Gasteiger partial charge < -0.3 is 24.7 Å². The van der Waals surface area contributed by atoms with E-state index in [1.807, 2.05) is 0 Å². The van der Waals surface area contributed by atoms with Gasteiger partial charge >= 0.3 is 7.82 Å². The zero-order valence-electron chi connectivity index (χ0n) is 6.86. The first kappa shape index (κ1) is 12.0. The highest BCUT2D eigenvalue weighted by Crippen LogP contribution is 2.42. The number of phosphoric acid groups is 1. The smallest absolute Gasteiger partial charge is 0.394 e. The van der Waals surface area contributed by atoms with Crippen LogP contribution >= 0.6 is 7.82 Å². The maximum atomic E-state index is 12.8. The van der Waals surface area contributed by atoms with Crippen molar-refractivity contribution < 1.29 is 38.2 Å². The van der Waals surface area contributed by atoms with Gasteiger partial charge in [0.1, 0.15) is 12.2 Å². The molecular weight excluding hydrogens is 222 g/mol. The molecule has 1 unspecified atom stereocenters. The van der Waals surface area contributed by atoms with Gasteiger partial charge in [-0.1, -0.05) is 0 Å². The normalized spacial score (nSPS) is 38.9. The van der Waals surface area contributed by atoms with E-state index < -0.39 is 39.1 Å². The minimum absolute atomic E-state index is 0.664. The molecule has 14 heavy (non-hydrogen) atoms. The van der Waals surface area contributed by atoms with Gasteiger partial charge in [0.05, 0.1) is 6.61 Å². The number of rotatable bonds is 3. The van der Waals surface area contributed by atoms with Gasteiger partial charge in [0, 0.05) is 0 Å². The standard InChI is InChI=1S/C5H10FO7P/c6-5-4(13-14(9,10)11)3(8)2(1-7)12-5/h2-5,7-8H,1H2,(H2,9,10,11)/t2-,3-,4-,5?/m1/s1. The molecule has 0 aliphatic carbocycles. The summed E-state index contributed by atoms with van der Waals surface area (Å²) in [4.78, 5) is 16.7. The first-order valence-electron chi connectivity index (χ1n) is 3.67. The van der Waals surface area contributed by atoms with E-state index >= 15 is 0 Å². The number of alkyl halides is 1. The third-order valence-corrected chi connectivity index (χ3v) is 2.24. The Hall–Kier alpha value is -0.0800. The van der Waals surface area contributed by atoms with Gasteiger partial charge in [-0.3, -0.25) is 4.52 Å². The average molecular weight is 232 g/mol. The molecule has 0 bridgehead atoms. The third-order valence-electron chi connectivity index (χ3n) is 1.72. The molecule has 0 saturated carbocycles. The highest BCUT2D eigenvalue weighted by Gasteiger charge is 2.47. The van der Waals surface area contributed by atoms with Crippen molar-refractivity contribution in [1.29, 1.82) is 0 Å². The van der Waals surface area contributed by atoms with Crippen LogP contribution in [-0.2, 0) is 13.8 Å². The minimum Gasteiger partial charge on any atom is -0.394 e. The summed E-state index contributed by atoms with van der Waals surface area (Å²) in [6, 6.07) is 0. The molecule has 4 atom stereocenters.